The Morgan fingerprint density at radius 2 is 1.93 bits per heavy atom. The van der Waals surface area contributed by atoms with E-state index in [-0.39, 0.29) is 0 Å². The Balaban J connectivity index is 1.66. The minimum atomic E-state index is -0.945. The molecule has 0 aliphatic heterocycles. The number of nitrogens with zero attached hydrogens (tertiary/aromatic N) is 1. The number of hydrogen-bond acceptors (Lipinski definition) is 5. The van der Waals surface area contributed by atoms with Crippen molar-refractivity contribution >= 4 is 28.9 Å². The summed E-state index contributed by atoms with van der Waals surface area (Å²) in [5, 5.41) is 12.9. The van der Waals surface area contributed by atoms with Gasteiger partial charge in [-0.05, 0) is 48.7 Å². The standard InChI is InChI=1S/C23H24ClNO4S/c1-3-15-11-20(10-7-17(15)12-21(23(26)27)28-4-2)29-13-19-14-30-22(25-19)16-5-8-18(24)9-6-16/h5-11,14,21H,3-4,12-13H2,1-2H3,(H,26,27)/t21-/m0/s1. The lowest BCUT2D eigenvalue weighted by molar-refractivity contribution is -0.149. The molecule has 0 bridgehead atoms. The molecular formula is C23H24ClNO4S. The Kier molecular flexibility index (Phi) is 7.85. The van der Waals surface area contributed by atoms with Gasteiger partial charge >= 0.3 is 5.97 Å². The van der Waals surface area contributed by atoms with Crippen LogP contribution in [0.2, 0.25) is 5.02 Å². The maximum atomic E-state index is 11.4. The zero-order valence-electron chi connectivity index (χ0n) is 16.9. The van der Waals surface area contributed by atoms with Crippen molar-refractivity contribution in [2.24, 2.45) is 0 Å². The highest BCUT2D eigenvalue weighted by atomic mass is 35.5. The first kappa shape index (κ1) is 22.3. The maximum absolute atomic E-state index is 11.4. The monoisotopic (exact) mass is 445 g/mol. The van der Waals surface area contributed by atoms with Gasteiger partial charge in [0.2, 0.25) is 0 Å². The van der Waals surface area contributed by atoms with Crippen molar-refractivity contribution in [1.29, 1.82) is 0 Å². The Hall–Kier alpha value is -2.41. The molecule has 2 aromatic carbocycles. The van der Waals surface area contributed by atoms with Gasteiger partial charge in [0.25, 0.3) is 0 Å². The summed E-state index contributed by atoms with van der Waals surface area (Å²) in [6, 6.07) is 13.3. The average Bonchev–Trinajstić information content (AvgIpc) is 3.22. The number of ether oxygens (including phenoxy) is 2. The lowest BCUT2D eigenvalue weighted by Crippen LogP contribution is -2.26. The summed E-state index contributed by atoms with van der Waals surface area (Å²) >= 11 is 7.51. The van der Waals surface area contributed by atoms with Gasteiger partial charge in [-0.2, -0.15) is 0 Å². The Labute approximate surface area is 185 Å². The zero-order chi connectivity index (χ0) is 21.5. The van der Waals surface area contributed by atoms with Crippen molar-refractivity contribution in [3.63, 3.8) is 0 Å². The van der Waals surface area contributed by atoms with E-state index in [2.05, 4.69) is 4.98 Å². The molecule has 158 valence electrons. The van der Waals surface area contributed by atoms with Crippen molar-refractivity contribution < 1.29 is 19.4 Å². The predicted molar refractivity (Wildman–Crippen MR) is 119 cm³/mol. The average molecular weight is 446 g/mol. The molecular weight excluding hydrogens is 422 g/mol. The number of thiazole rings is 1. The topological polar surface area (TPSA) is 68.7 Å². The van der Waals surface area contributed by atoms with Crippen LogP contribution in [0, 0.1) is 0 Å². The Morgan fingerprint density at radius 1 is 1.17 bits per heavy atom. The van der Waals surface area contributed by atoms with Crippen LogP contribution in [0.4, 0.5) is 0 Å². The van der Waals surface area contributed by atoms with Crippen LogP contribution in [0.25, 0.3) is 10.6 Å². The van der Waals surface area contributed by atoms with E-state index in [1.165, 1.54) is 0 Å². The third-order valence-electron chi connectivity index (χ3n) is 4.64. The van der Waals surface area contributed by atoms with Gasteiger partial charge in [-0.3, -0.25) is 0 Å². The summed E-state index contributed by atoms with van der Waals surface area (Å²) in [7, 11) is 0. The number of carboxylic acids is 1. The van der Waals surface area contributed by atoms with Crippen LogP contribution in [0.15, 0.2) is 47.8 Å². The summed E-state index contributed by atoms with van der Waals surface area (Å²) < 4.78 is 11.3. The predicted octanol–water partition coefficient (Wildman–Crippen LogP) is 5.64. The third-order valence-corrected chi connectivity index (χ3v) is 5.83. The molecule has 0 aliphatic carbocycles. The molecule has 1 heterocycles. The van der Waals surface area contributed by atoms with Crippen LogP contribution in [0.1, 0.15) is 30.7 Å². The second kappa shape index (κ2) is 10.6. The number of aromatic nitrogens is 1. The highest BCUT2D eigenvalue weighted by molar-refractivity contribution is 7.13. The summed E-state index contributed by atoms with van der Waals surface area (Å²) in [5.74, 6) is -0.209. The van der Waals surface area contributed by atoms with Gasteiger partial charge in [0.15, 0.2) is 6.10 Å². The first-order valence-electron chi connectivity index (χ1n) is 9.79. The van der Waals surface area contributed by atoms with E-state index in [0.29, 0.717) is 24.7 Å². The minimum absolute atomic E-state index is 0.336. The molecule has 3 aromatic rings. The Bertz CT molecular complexity index is 987. The van der Waals surface area contributed by atoms with E-state index in [9.17, 15) is 9.90 Å². The molecule has 1 N–H and O–H groups in total. The molecule has 1 aromatic heterocycles. The second-order valence-corrected chi connectivity index (χ2v) is 8.00. The summed E-state index contributed by atoms with van der Waals surface area (Å²) in [6.45, 7) is 4.57. The summed E-state index contributed by atoms with van der Waals surface area (Å²) in [6.07, 6.45) is 0.277. The van der Waals surface area contributed by atoms with Crippen LogP contribution in [0.3, 0.4) is 0 Å². The molecule has 0 saturated carbocycles. The number of aryl methyl sites for hydroxylation is 1. The van der Waals surface area contributed by atoms with E-state index in [1.807, 2.05) is 54.8 Å². The minimum Gasteiger partial charge on any atom is -0.487 e. The molecule has 0 unspecified atom stereocenters. The van der Waals surface area contributed by atoms with Crippen molar-refractivity contribution in [3.8, 4) is 16.3 Å². The molecule has 30 heavy (non-hydrogen) atoms. The number of rotatable bonds is 10. The first-order valence-corrected chi connectivity index (χ1v) is 11.0. The molecule has 1 atom stereocenters. The molecule has 0 aliphatic rings. The van der Waals surface area contributed by atoms with Gasteiger partial charge in [-0.25, -0.2) is 9.78 Å². The summed E-state index contributed by atoms with van der Waals surface area (Å²) in [4.78, 5) is 16.0. The van der Waals surface area contributed by atoms with Gasteiger partial charge in [0, 0.05) is 29.0 Å². The number of carbonyl (C=O) groups is 1. The van der Waals surface area contributed by atoms with E-state index in [0.717, 1.165) is 39.6 Å². The van der Waals surface area contributed by atoms with E-state index in [4.69, 9.17) is 21.1 Å². The van der Waals surface area contributed by atoms with E-state index < -0.39 is 12.1 Å². The van der Waals surface area contributed by atoms with Gasteiger partial charge < -0.3 is 14.6 Å². The molecule has 5 nitrogen and oxygen atoms in total. The van der Waals surface area contributed by atoms with Crippen LogP contribution in [0.5, 0.6) is 5.75 Å². The highest BCUT2D eigenvalue weighted by Crippen LogP contribution is 2.26. The molecule has 3 rings (SSSR count). The third kappa shape index (κ3) is 5.81. The Morgan fingerprint density at radius 3 is 2.60 bits per heavy atom. The van der Waals surface area contributed by atoms with Crippen LogP contribution in [-0.2, 0) is 29.0 Å². The molecule has 7 heteroatoms. The number of halogens is 1. The molecule has 0 spiro atoms. The fraction of sp³-hybridized carbons (Fsp3) is 0.304. The second-order valence-electron chi connectivity index (χ2n) is 6.71. The SMILES string of the molecule is CCO[C@@H](Cc1ccc(OCc2csc(-c3ccc(Cl)cc3)n2)cc1CC)C(=O)O. The molecule has 0 radical (unpaired) electrons. The smallest absolute Gasteiger partial charge is 0.333 e. The zero-order valence-corrected chi connectivity index (χ0v) is 18.5. The number of hydrogen-bond donors (Lipinski definition) is 1. The number of aliphatic carboxylic acids is 1. The number of carboxylic acid groups (broad SMARTS) is 1. The van der Waals surface area contributed by atoms with E-state index in [1.54, 1.807) is 18.3 Å². The van der Waals surface area contributed by atoms with Crippen LogP contribution >= 0.6 is 22.9 Å². The fourth-order valence-electron chi connectivity index (χ4n) is 3.09. The van der Waals surface area contributed by atoms with Gasteiger partial charge in [0.05, 0.1) is 5.69 Å². The van der Waals surface area contributed by atoms with Crippen molar-refractivity contribution in [1.82, 2.24) is 4.98 Å². The lowest BCUT2D eigenvalue weighted by Gasteiger charge is -2.16. The molecule has 0 saturated heterocycles. The van der Waals surface area contributed by atoms with Crippen molar-refractivity contribution in [3.05, 3.63) is 69.7 Å². The molecule has 0 fully saturated rings. The van der Waals surface area contributed by atoms with Gasteiger partial charge in [-0.15, -0.1) is 11.3 Å². The van der Waals surface area contributed by atoms with Crippen molar-refractivity contribution in [2.75, 3.05) is 6.61 Å². The van der Waals surface area contributed by atoms with Gasteiger partial charge in [0.1, 0.15) is 17.4 Å². The van der Waals surface area contributed by atoms with Crippen LogP contribution in [-0.4, -0.2) is 28.8 Å². The molecule has 0 amide bonds. The normalized spacial score (nSPS) is 12.0. The maximum Gasteiger partial charge on any atom is 0.333 e. The fourth-order valence-corrected chi connectivity index (χ4v) is 4.03. The number of benzene rings is 2. The van der Waals surface area contributed by atoms with Crippen LogP contribution < -0.4 is 4.74 Å². The lowest BCUT2D eigenvalue weighted by atomic mass is 9.99. The summed E-state index contributed by atoms with van der Waals surface area (Å²) in [5.41, 5.74) is 3.90. The largest absolute Gasteiger partial charge is 0.487 e. The van der Waals surface area contributed by atoms with Crippen molar-refractivity contribution in [2.45, 2.75) is 39.4 Å². The highest BCUT2D eigenvalue weighted by Gasteiger charge is 2.19. The van der Waals surface area contributed by atoms with Gasteiger partial charge in [-0.1, -0.05) is 36.7 Å². The van der Waals surface area contributed by atoms with E-state index >= 15 is 0 Å². The quantitative estimate of drug-likeness (QED) is 0.437. The first-order chi connectivity index (χ1) is 14.5.